The fraction of sp³-hybridized carbons (Fsp3) is 0.0476. The van der Waals surface area contributed by atoms with Crippen LogP contribution in [0, 0.1) is 0 Å². The molecule has 1 amide bonds. The molecule has 2 aromatic carbocycles. The van der Waals surface area contributed by atoms with Crippen molar-refractivity contribution >= 4 is 55.7 Å². The van der Waals surface area contributed by atoms with Gasteiger partial charge in [0.25, 0.3) is 15.6 Å². The first kappa shape index (κ1) is 22.7. The molecule has 9 nitrogen and oxygen atoms in total. The van der Waals surface area contributed by atoms with E-state index in [1.807, 2.05) is 0 Å². The lowest BCUT2D eigenvalue weighted by molar-refractivity contribution is -0.117. The largest absolute Gasteiger partial charge is 0.365 e. The van der Waals surface area contributed by atoms with E-state index in [1.54, 1.807) is 0 Å². The maximum absolute atomic E-state index is 13.6. The Morgan fingerprint density at radius 3 is 2.27 bits per heavy atom. The molecule has 0 bridgehead atoms. The van der Waals surface area contributed by atoms with Crippen LogP contribution in [0.4, 0.5) is 5.69 Å². The molecule has 12 heteroatoms. The number of pyridine rings is 1. The number of halogens is 2. The van der Waals surface area contributed by atoms with Crippen LogP contribution in [0.15, 0.2) is 81.5 Å². The van der Waals surface area contributed by atoms with Crippen molar-refractivity contribution in [1.29, 1.82) is 0 Å². The molecule has 0 unspecified atom stereocenters. The van der Waals surface area contributed by atoms with Crippen molar-refractivity contribution < 1.29 is 13.2 Å². The summed E-state index contributed by atoms with van der Waals surface area (Å²) in [6.45, 7) is 1.18. The molecule has 2 aromatic heterocycles. The second-order valence-electron chi connectivity index (χ2n) is 6.83. The number of hydrogen-bond donors (Lipinski definition) is 0. The van der Waals surface area contributed by atoms with Gasteiger partial charge in [-0.1, -0.05) is 23.2 Å². The monoisotopic (exact) mass is 504 g/mol. The Kier molecular flexibility index (Phi) is 5.83. The predicted octanol–water partition coefficient (Wildman–Crippen LogP) is 2.92. The highest BCUT2D eigenvalue weighted by molar-refractivity contribution is 7.90. The van der Waals surface area contributed by atoms with Crippen molar-refractivity contribution in [3.63, 3.8) is 0 Å². The third-order valence-electron chi connectivity index (χ3n) is 4.70. The number of benzene rings is 2. The lowest BCUT2D eigenvalue weighted by atomic mass is 10.2. The van der Waals surface area contributed by atoms with Crippen LogP contribution in [-0.2, 0) is 14.8 Å². The van der Waals surface area contributed by atoms with Crippen molar-refractivity contribution in [1.82, 2.24) is 13.6 Å². The molecular formula is C21H14Cl2N4O5S. The number of carbonyl (C=O) groups excluding carboxylic acids is 1. The van der Waals surface area contributed by atoms with Crippen LogP contribution < -0.4 is 16.3 Å². The Labute approximate surface area is 197 Å². The Hall–Kier alpha value is -3.47. The van der Waals surface area contributed by atoms with Crippen LogP contribution in [0.1, 0.15) is 6.92 Å². The van der Waals surface area contributed by atoms with Gasteiger partial charge in [0.2, 0.25) is 5.91 Å². The number of aromatic nitrogens is 3. The fourth-order valence-corrected chi connectivity index (χ4v) is 4.86. The van der Waals surface area contributed by atoms with E-state index in [1.165, 1.54) is 73.9 Å². The average Bonchev–Trinajstić information content (AvgIpc) is 2.77. The number of fused-ring (bicyclic) bond motifs is 1. The number of carbonyl (C=O) groups is 1. The summed E-state index contributed by atoms with van der Waals surface area (Å²) in [6, 6.07) is 12.0. The normalized spacial score (nSPS) is 11.5. The summed E-state index contributed by atoms with van der Waals surface area (Å²) in [5.74, 6) is -0.638. The number of hydrogen-bond acceptors (Lipinski definition) is 6. The first-order valence-corrected chi connectivity index (χ1v) is 11.5. The molecule has 33 heavy (non-hydrogen) atoms. The second kappa shape index (κ2) is 8.47. The van der Waals surface area contributed by atoms with Crippen molar-refractivity contribution in [2.24, 2.45) is 0 Å². The summed E-state index contributed by atoms with van der Waals surface area (Å²) in [6.07, 6.45) is 2.78. The van der Waals surface area contributed by atoms with E-state index in [-0.39, 0.29) is 35.5 Å². The van der Waals surface area contributed by atoms with Crippen molar-refractivity contribution in [2.75, 3.05) is 5.01 Å². The van der Waals surface area contributed by atoms with Crippen LogP contribution in [0.2, 0.25) is 10.0 Å². The van der Waals surface area contributed by atoms with Gasteiger partial charge in [0.1, 0.15) is 0 Å². The van der Waals surface area contributed by atoms with E-state index in [2.05, 4.69) is 4.98 Å². The van der Waals surface area contributed by atoms with Gasteiger partial charge >= 0.3 is 5.69 Å². The Balaban J connectivity index is 2.17. The predicted molar refractivity (Wildman–Crippen MR) is 124 cm³/mol. The molecular weight excluding hydrogens is 491 g/mol. The summed E-state index contributed by atoms with van der Waals surface area (Å²) >= 11 is 11.9. The van der Waals surface area contributed by atoms with Crippen LogP contribution in [0.3, 0.4) is 0 Å². The molecule has 0 spiro atoms. The van der Waals surface area contributed by atoms with Crippen molar-refractivity contribution in [3.8, 4) is 0 Å². The Morgan fingerprint density at radius 2 is 1.67 bits per heavy atom. The SMILES string of the molecule is CC(=O)N(c1cccnc1)n1c(=O)n(S(=O)(=O)c2ccc(Cl)cc2)c(=O)c2ccc(Cl)cc21. The maximum Gasteiger partial charge on any atom is 0.365 e. The van der Waals surface area contributed by atoms with E-state index in [4.69, 9.17) is 23.2 Å². The summed E-state index contributed by atoms with van der Waals surface area (Å²) in [7, 11) is -4.66. The van der Waals surface area contributed by atoms with Crippen LogP contribution >= 0.6 is 23.2 Å². The molecule has 0 aliphatic heterocycles. The number of rotatable bonds is 4. The molecule has 0 aliphatic carbocycles. The van der Waals surface area contributed by atoms with Gasteiger partial charge in [0.15, 0.2) is 0 Å². The third kappa shape index (κ3) is 3.92. The van der Waals surface area contributed by atoms with E-state index in [0.29, 0.717) is 0 Å². The molecule has 0 atom stereocenters. The summed E-state index contributed by atoms with van der Waals surface area (Å²) in [4.78, 5) is 43.1. The number of amides is 1. The van der Waals surface area contributed by atoms with Gasteiger partial charge in [-0.05, 0) is 54.6 Å². The van der Waals surface area contributed by atoms with Gasteiger partial charge in [-0.2, -0.15) is 4.68 Å². The maximum atomic E-state index is 13.6. The molecule has 0 radical (unpaired) electrons. The molecule has 4 rings (SSSR count). The highest BCUT2D eigenvalue weighted by atomic mass is 35.5. The molecule has 4 aromatic rings. The first-order valence-electron chi connectivity index (χ1n) is 9.32. The van der Waals surface area contributed by atoms with Gasteiger partial charge in [-0.3, -0.25) is 14.6 Å². The minimum Gasteiger partial charge on any atom is -0.273 e. The Bertz CT molecular complexity index is 1620. The zero-order valence-electron chi connectivity index (χ0n) is 16.8. The molecule has 168 valence electrons. The molecule has 0 saturated heterocycles. The highest BCUT2D eigenvalue weighted by Gasteiger charge is 2.29. The van der Waals surface area contributed by atoms with Gasteiger partial charge in [0, 0.05) is 23.2 Å². The highest BCUT2D eigenvalue weighted by Crippen LogP contribution is 2.21. The smallest absolute Gasteiger partial charge is 0.273 e. The molecule has 2 heterocycles. The summed E-state index contributed by atoms with van der Waals surface area (Å²) in [5.41, 5.74) is -2.27. The van der Waals surface area contributed by atoms with E-state index >= 15 is 0 Å². The van der Waals surface area contributed by atoms with Gasteiger partial charge < -0.3 is 0 Å². The van der Waals surface area contributed by atoms with Crippen LogP contribution in [0.5, 0.6) is 0 Å². The molecule has 0 saturated carbocycles. The number of anilines is 1. The van der Waals surface area contributed by atoms with Crippen LogP contribution in [-0.4, -0.2) is 28.0 Å². The summed E-state index contributed by atoms with van der Waals surface area (Å²) < 4.78 is 27.6. The lowest BCUT2D eigenvalue weighted by Crippen LogP contribution is -2.51. The molecule has 0 fully saturated rings. The van der Waals surface area contributed by atoms with E-state index in [9.17, 15) is 22.8 Å². The topological polar surface area (TPSA) is 111 Å². The lowest BCUT2D eigenvalue weighted by Gasteiger charge is -2.25. The fourth-order valence-electron chi connectivity index (χ4n) is 3.28. The zero-order valence-corrected chi connectivity index (χ0v) is 19.2. The van der Waals surface area contributed by atoms with Crippen LogP contribution in [0.25, 0.3) is 10.9 Å². The van der Waals surface area contributed by atoms with E-state index < -0.39 is 27.2 Å². The Morgan fingerprint density at radius 1 is 1.00 bits per heavy atom. The minimum atomic E-state index is -4.66. The standard InChI is InChI=1S/C21H14Cl2N4O5S/c1-13(28)25(16-3-2-10-24-12-16)26-19-11-15(23)6-9-18(19)20(29)27(21(26)30)33(31,32)17-7-4-14(22)5-8-17/h2-12H,1H3. The number of nitrogens with zero attached hydrogens (tertiary/aromatic N) is 4. The van der Waals surface area contributed by atoms with Gasteiger partial charge in [-0.25, -0.2) is 18.2 Å². The molecule has 0 aliphatic rings. The van der Waals surface area contributed by atoms with E-state index in [0.717, 1.165) is 9.69 Å². The average molecular weight is 505 g/mol. The van der Waals surface area contributed by atoms with Crippen molar-refractivity contribution in [2.45, 2.75) is 11.8 Å². The first-order chi connectivity index (χ1) is 15.6. The van der Waals surface area contributed by atoms with Gasteiger partial charge in [-0.15, -0.1) is 3.97 Å². The van der Waals surface area contributed by atoms with Gasteiger partial charge in [0.05, 0.1) is 27.7 Å². The third-order valence-corrected chi connectivity index (χ3v) is 6.86. The zero-order chi connectivity index (χ0) is 23.9. The quantitative estimate of drug-likeness (QED) is 0.422. The molecule has 0 N–H and O–H groups in total. The van der Waals surface area contributed by atoms with Crippen molar-refractivity contribution in [3.05, 3.63) is 97.9 Å². The minimum absolute atomic E-state index is 0.0564. The second-order valence-corrected chi connectivity index (χ2v) is 9.49. The summed E-state index contributed by atoms with van der Waals surface area (Å²) in [5, 5.41) is 1.21.